The normalized spacial score (nSPS) is 13.1. The third-order valence-corrected chi connectivity index (χ3v) is 3.95. The van der Waals surface area contributed by atoms with Gasteiger partial charge in [-0.2, -0.15) is 0 Å². The molecule has 0 atom stereocenters. The SMILES string of the molecule is NCC#Cc1csc(CN2C(=O)c3cccnc3C2=O)c1. The Kier molecular flexibility index (Phi) is 3.52. The molecular formula is C15H11N3O2S. The zero-order chi connectivity index (χ0) is 14.8. The van der Waals surface area contributed by atoms with Gasteiger partial charge >= 0.3 is 0 Å². The average Bonchev–Trinajstić information content (AvgIpc) is 3.05. The van der Waals surface area contributed by atoms with Gasteiger partial charge in [-0.15, -0.1) is 11.3 Å². The maximum absolute atomic E-state index is 12.2. The Labute approximate surface area is 125 Å². The predicted octanol–water partition coefficient (Wildman–Crippen LogP) is 1.25. The quantitative estimate of drug-likeness (QED) is 0.668. The van der Waals surface area contributed by atoms with Crippen molar-refractivity contribution in [3.63, 3.8) is 0 Å². The molecule has 21 heavy (non-hydrogen) atoms. The minimum atomic E-state index is -0.349. The Morgan fingerprint density at radius 3 is 2.95 bits per heavy atom. The summed E-state index contributed by atoms with van der Waals surface area (Å²) in [5.41, 5.74) is 6.76. The Bertz CT molecular complexity index is 750. The van der Waals surface area contributed by atoms with Crippen molar-refractivity contribution in [2.45, 2.75) is 6.54 Å². The van der Waals surface area contributed by atoms with Gasteiger partial charge in [0, 0.05) is 22.0 Å². The third-order valence-electron chi connectivity index (χ3n) is 3.03. The number of carbonyl (C=O) groups excluding carboxylic acids is 2. The van der Waals surface area contributed by atoms with E-state index in [-0.39, 0.29) is 24.1 Å². The van der Waals surface area contributed by atoms with E-state index < -0.39 is 0 Å². The van der Waals surface area contributed by atoms with Gasteiger partial charge in [-0.3, -0.25) is 19.5 Å². The van der Waals surface area contributed by atoms with Crippen LogP contribution in [0.5, 0.6) is 0 Å². The second-order valence-electron chi connectivity index (χ2n) is 4.40. The number of pyridine rings is 1. The van der Waals surface area contributed by atoms with Gasteiger partial charge in [-0.25, -0.2) is 0 Å². The van der Waals surface area contributed by atoms with Crippen molar-refractivity contribution in [3.8, 4) is 11.8 Å². The maximum atomic E-state index is 12.2. The van der Waals surface area contributed by atoms with Crippen molar-refractivity contribution in [1.29, 1.82) is 0 Å². The molecule has 2 aromatic heterocycles. The predicted molar refractivity (Wildman–Crippen MR) is 78.7 cm³/mol. The van der Waals surface area contributed by atoms with E-state index in [2.05, 4.69) is 16.8 Å². The molecule has 0 radical (unpaired) electrons. The minimum Gasteiger partial charge on any atom is -0.320 e. The first-order chi connectivity index (χ1) is 10.2. The van der Waals surface area contributed by atoms with Crippen LogP contribution in [0.4, 0.5) is 0 Å². The molecule has 104 valence electrons. The van der Waals surface area contributed by atoms with Gasteiger partial charge in [-0.1, -0.05) is 11.8 Å². The molecule has 2 aromatic rings. The number of fused-ring (bicyclic) bond motifs is 1. The van der Waals surface area contributed by atoms with Crippen LogP contribution in [0.15, 0.2) is 29.8 Å². The minimum absolute atomic E-state index is 0.224. The van der Waals surface area contributed by atoms with Gasteiger partial charge in [0.15, 0.2) is 0 Å². The van der Waals surface area contributed by atoms with Crippen LogP contribution in [-0.2, 0) is 6.54 Å². The molecule has 0 saturated heterocycles. The van der Waals surface area contributed by atoms with E-state index in [4.69, 9.17) is 5.73 Å². The number of nitrogens with two attached hydrogens (primary N) is 1. The fourth-order valence-electron chi connectivity index (χ4n) is 2.10. The van der Waals surface area contributed by atoms with Gasteiger partial charge in [-0.05, 0) is 18.2 Å². The van der Waals surface area contributed by atoms with E-state index >= 15 is 0 Å². The summed E-state index contributed by atoms with van der Waals surface area (Å²) in [4.78, 5) is 30.5. The summed E-state index contributed by atoms with van der Waals surface area (Å²) in [6.45, 7) is 0.540. The molecule has 5 nitrogen and oxygen atoms in total. The van der Waals surface area contributed by atoms with Crippen LogP contribution in [0.2, 0.25) is 0 Å². The highest BCUT2D eigenvalue weighted by Gasteiger charge is 2.36. The summed E-state index contributed by atoms with van der Waals surface area (Å²) in [7, 11) is 0. The summed E-state index contributed by atoms with van der Waals surface area (Å²) < 4.78 is 0. The molecule has 0 spiro atoms. The topological polar surface area (TPSA) is 76.3 Å². The van der Waals surface area contributed by atoms with Crippen molar-refractivity contribution in [2.75, 3.05) is 6.54 Å². The Morgan fingerprint density at radius 2 is 2.19 bits per heavy atom. The summed E-state index contributed by atoms with van der Waals surface area (Å²) >= 11 is 1.46. The van der Waals surface area contributed by atoms with Gasteiger partial charge in [0.2, 0.25) is 0 Å². The van der Waals surface area contributed by atoms with E-state index in [1.54, 1.807) is 12.1 Å². The Hall–Kier alpha value is -2.49. The second kappa shape index (κ2) is 5.48. The van der Waals surface area contributed by atoms with Crippen LogP contribution < -0.4 is 5.73 Å². The molecule has 3 heterocycles. The second-order valence-corrected chi connectivity index (χ2v) is 5.40. The highest BCUT2D eigenvalue weighted by atomic mass is 32.1. The monoisotopic (exact) mass is 297 g/mol. The molecule has 1 aliphatic heterocycles. The fraction of sp³-hybridized carbons (Fsp3) is 0.133. The van der Waals surface area contributed by atoms with E-state index in [0.717, 1.165) is 10.4 Å². The molecule has 3 rings (SSSR count). The van der Waals surface area contributed by atoms with Crippen LogP contribution in [0, 0.1) is 11.8 Å². The fourth-order valence-corrected chi connectivity index (χ4v) is 2.90. The van der Waals surface area contributed by atoms with Crippen molar-refractivity contribution >= 4 is 23.2 Å². The summed E-state index contributed by atoms with van der Waals surface area (Å²) in [6, 6.07) is 5.14. The van der Waals surface area contributed by atoms with Crippen molar-refractivity contribution in [1.82, 2.24) is 9.88 Å². The average molecular weight is 297 g/mol. The lowest BCUT2D eigenvalue weighted by Gasteiger charge is -2.11. The summed E-state index contributed by atoms with van der Waals surface area (Å²) in [5, 5.41) is 1.88. The van der Waals surface area contributed by atoms with Crippen molar-refractivity contribution in [2.24, 2.45) is 5.73 Å². The zero-order valence-corrected chi connectivity index (χ0v) is 11.8. The lowest BCUT2D eigenvalue weighted by Crippen LogP contribution is -2.28. The zero-order valence-electron chi connectivity index (χ0n) is 11.0. The lowest BCUT2D eigenvalue weighted by molar-refractivity contribution is 0.0642. The Balaban J connectivity index is 1.82. The molecule has 1 aliphatic rings. The number of imide groups is 1. The van der Waals surface area contributed by atoms with Gasteiger partial charge in [0.1, 0.15) is 5.69 Å². The number of carbonyl (C=O) groups is 2. The smallest absolute Gasteiger partial charge is 0.280 e. The van der Waals surface area contributed by atoms with Crippen molar-refractivity contribution < 1.29 is 9.59 Å². The first-order valence-corrected chi connectivity index (χ1v) is 7.16. The maximum Gasteiger partial charge on any atom is 0.280 e. The van der Waals surface area contributed by atoms with E-state index in [1.165, 1.54) is 22.4 Å². The molecule has 2 amide bonds. The van der Waals surface area contributed by atoms with Gasteiger partial charge in [0.25, 0.3) is 11.8 Å². The lowest BCUT2D eigenvalue weighted by atomic mass is 10.2. The first-order valence-electron chi connectivity index (χ1n) is 6.28. The molecule has 0 bridgehead atoms. The molecule has 0 saturated carbocycles. The van der Waals surface area contributed by atoms with E-state index in [9.17, 15) is 9.59 Å². The summed E-state index contributed by atoms with van der Waals surface area (Å²) in [5.74, 6) is 5.05. The molecular weight excluding hydrogens is 286 g/mol. The number of hydrogen-bond acceptors (Lipinski definition) is 5. The number of aromatic nitrogens is 1. The molecule has 0 unspecified atom stereocenters. The van der Waals surface area contributed by atoms with Crippen LogP contribution in [0.3, 0.4) is 0 Å². The first kappa shape index (κ1) is 13.5. The van der Waals surface area contributed by atoms with Gasteiger partial charge < -0.3 is 5.73 Å². The highest BCUT2D eigenvalue weighted by Crippen LogP contribution is 2.24. The van der Waals surface area contributed by atoms with Crippen LogP contribution in [0.25, 0.3) is 0 Å². The largest absolute Gasteiger partial charge is 0.320 e. The van der Waals surface area contributed by atoms with Crippen LogP contribution >= 0.6 is 11.3 Å². The summed E-state index contributed by atoms with van der Waals surface area (Å²) in [6.07, 6.45) is 1.51. The van der Waals surface area contributed by atoms with Crippen molar-refractivity contribution in [3.05, 3.63) is 51.5 Å². The molecule has 0 aliphatic carbocycles. The standard InChI is InChI=1S/C15H11N3O2S/c16-5-1-3-10-7-11(21-9-10)8-18-14(19)12-4-2-6-17-13(12)15(18)20/h2,4,6-7,9H,5,8,16H2. The van der Waals surface area contributed by atoms with E-state index in [0.29, 0.717) is 12.1 Å². The number of amides is 2. The Morgan fingerprint density at radius 1 is 1.33 bits per heavy atom. The number of rotatable bonds is 2. The molecule has 0 fully saturated rings. The number of nitrogens with zero attached hydrogens (tertiary/aromatic N) is 2. The molecule has 0 aromatic carbocycles. The van der Waals surface area contributed by atoms with Crippen LogP contribution in [-0.4, -0.2) is 28.2 Å². The van der Waals surface area contributed by atoms with Gasteiger partial charge in [0.05, 0.1) is 18.7 Å². The highest BCUT2D eigenvalue weighted by molar-refractivity contribution is 7.10. The third kappa shape index (κ3) is 2.44. The molecule has 6 heteroatoms. The number of hydrogen-bond donors (Lipinski definition) is 1. The molecule has 2 N–H and O–H groups in total. The van der Waals surface area contributed by atoms with Crippen LogP contribution in [0.1, 0.15) is 31.3 Å². The van der Waals surface area contributed by atoms with E-state index in [1.807, 2.05) is 11.4 Å². The number of thiophene rings is 1.